The third-order valence-corrected chi connectivity index (χ3v) is 4.60. The molecule has 0 aliphatic carbocycles. The molecule has 0 saturated carbocycles. The topological polar surface area (TPSA) is 49.8 Å². The molecule has 2 aliphatic heterocycles. The fraction of sp³-hybridized carbons (Fsp3) is 0.588. The van der Waals surface area contributed by atoms with E-state index in [1.807, 2.05) is 12.1 Å². The molecule has 1 aromatic carbocycles. The van der Waals surface area contributed by atoms with Crippen molar-refractivity contribution in [3.8, 4) is 5.75 Å². The lowest BCUT2D eigenvalue weighted by molar-refractivity contribution is -0.123. The van der Waals surface area contributed by atoms with Gasteiger partial charge in [0.05, 0.1) is 6.04 Å². The molecular formula is C17H23NO3. The van der Waals surface area contributed by atoms with Crippen molar-refractivity contribution in [1.29, 1.82) is 0 Å². The summed E-state index contributed by atoms with van der Waals surface area (Å²) in [6, 6.07) is 5.96. The van der Waals surface area contributed by atoms with Crippen LogP contribution >= 0.6 is 0 Å². The van der Waals surface area contributed by atoms with Gasteiger partial charge >= 0.3 is 0 Å². The lowest BCUT2D eigenvalue weighted by Crippen LogP contribution is -2.49. The summed E-state index contributed by atoms with van der Waals surface area (Å²) in [6.45, 7) is 6.21. The Morgan fingerprint density at radius 2 is 2.00 bits per heavy atom. The molecule has 1 saturated heterocycles. The number of para-hydroxylation sites is 1. The average Bonchev–Trinajstić information content (AvgIpc) is 2.48. The zero-order valence-corrected chi connectivity index (χ0v) is 12.7. The van der Waals surface area contributed by atoms with Gasteiger partial charge in [-0.1, -0.05) is 32.0 Å². The van der Waals surface area contributed by atoms with Crippen molar-refractivity contribution in [2.75, 3.05) is 19.7 Å². The van der Waals surface area contributed by atoms with Gasteiger partial charge in [0, 0.05) is 31.5 Å². The number of hydrogen-bond acceptors (Lipinski definition) is 4. The summed E-state index contributed by atoms with van der Waals surface area (Å²) < 4.78 is 5.99. The molecule has 0 bridgehead atoms. The van der Waals surface area contributed by atoms with E-state index in [1.165, 1.54) is 0 Å². The third-order valence-electron chi connectivity index (χ3n) is 4.60. The summed E-state index contributed by atoms with van der Waals surface area (Å²) in [6.07, 6.45) is 0.630. The van der Waals surface area contributed by atoms with Crippen LogP contribution in [0.2, 0.25) is 0 Å². The Kier molecular flexibility index (Phi) is 4.00. The third kappa shape index (κ3) is 2.70. The van der Waals surface area contributed by atoms with Crippen molar-refractivity contribution in [1.82, 2.24) is 4.90 Å². The van der Waals surface area contributed by atoms with Crippen LogP contribution in [0.4, 0.5) is 0 Å². The Morgan fingerprint density at radius 3 is 2.67 bits per heavy atom. The van der Waals surface area contributed by atoms with Gasteiger partial charge in [0.1, 0.15) is 24.2 Å². The summed E-state index contributed by atoms with van der Waals surface area (Å²) >= 11 is 0. The number of Topliss-reactive ketones (excluding diaryl/α,β-unsaturated/α-hetero) is 1. The maximum absolute atomic E-state index is 11.4. The van der Waals surface area contributed by atoms with Crippen LogP contribution in [-0.2, 0) is 4.79 Å². The Bertz CT molecular complexity index is 531. The molecule has 0 radical (unpaired) electrons. The summed E-state index contributed by atoms with van der Waals surface area (Å²) in [7, 11) is 0. The van der Waals surface area contributed by atoms with Crippen LogP contribution in [0, 0.1) is 0 Å². The monoisotopic (exact) mass is 289 g/mol. The normalized spacial score (nSPS) is 26.6. The number of hydrogen-bond donors (Lipinski definition) is 1. The molecule has 2 aliphatic rings. The maximum atomic E-state index is 11.4. The number of fused-ring (bicyclic) bond motifs is 1. The minimum Gasteiger partial charge on any atom is -0.491 e. The first kappa shape index (κ1) is 14.5. The number of aliphatic hydroxyl groups is 1. The van der Waals surface area contributed by atoms with E-state index >= 15 is 0 Å². The highest BCUT2D eigenvalue weighted by atomic mass is 16.5. The highest BCUT2D eigenvalue weighted by Crippen LogP contribution is 2.39. The summed E-state index contributed by atoms with van der Waals surface area (Å²) in [4.78, 5) is 13.6. The Balaban J connectivity index is 1.84. The van der Waals surface area contributed by atoms with Gasteiger partial charge in [0.15, 0.2) is 0 Å². The number of likely N-dealkylation sites (tertiary alicyclic amines) is 1. The zero-order chi connectivity index (χ0) is 15.0. The standard InChI is InChI=1S/C17H23NO3/c1-11(2)13-4-3-5-14-16(20)15(10-21-17(13)14)18-8-6-12(19)7-9-18/h3-5,11,15-16,20H,6-10H2,1-2H3. The predicted molar refractivity (Wildman–Crippen MR) is 80.6 cm³/mol. The van der Waals surface area contributed by atoms with Crippen LogP contribution in [0.25, 0.3) is 0 Å². The number of aliphatic hydroxyl groups excluding tert-OH is 1. The van der Waals surface area contributed by atoms with E-state index in [1.54, 1.807) is 0 Å². The predicted octanol–water partition coefficient (Wildman–Crippen LogP) is 2.27. The van der Waals surface area contributed by atoms with E-state index in [2.05, 4.69) is 24.8 Å². The number of ketones is 1. The highest BCUT2D eigenvalue weighted by Gasteiger charge is 2.36. The number of carbonyl (C=O) groups excluding carboxylic acids is 1. The van der Waals surface area contributed by atoms with Crippen LogP contribution < -0.4 is 4.74 Å². The van der Waals surface area contributed by atoms with Gasteiger partial charge in [-0.05, 0) is 11.5 Å². The average molecular weight is 289 g/mol. The van der Waals surface area contributed by atoms with E-state index in [0.717, 1.165) is 30.0 Å². The SMILES string of the molecule is CC(C)c1cccc2c1OCC(N1CCC(=O)CC1)C2O. The van der Waals surface area contributed by atoms with Crippen LogP contribution in [0.5, 0.6) is 5.75 Å². The van der Waals surface area contributed by atoms with Crippen molar-refractivity contribution in [2.24, 2.45) is 0 Å². The van der Waals surface area contributed by atoms with Crippen molar-refractivity contribution < 1.29 is 14.6 Å². The number of benzene rings is 1. The quantitative estimate of drug-likeness (QED) is 0.907. The molecule has 3 rings (SSSR count). The van der Waals surface area contributed by atoms with Gasteiger partial charge in [0.25, 0.3) is 0 Å². The van der Waals surface area contributed by atoms with E-state index in [9.17, 15) is 9.90 Å². The van der Waals surface area contributed by atoms with Gasteiger partial charge in [-0.2, -0.15) is 0 Å². The lowest BCUT2D eigenvalue weighted by atomic mass is 9.91. The summed E-state index contributed by atoms with van der Waals surface area (Å²) in [5.41, 5.74) is 2.04. The molecule has 0 aromatic heterocycles. The first-order valence-corrected chi connectivity index (χ1v) is 7.77. The molecule has 2 heterocycles. The highest BCUT2D eigenvalue weighted by molar-refractivity contribution is 5.79. The van der Waals surface area contributed by atoms with Crippen LogP contribution in [0.3, 0.4) is 0 Å². The molecule has 2 atom stereocenters. The fourth-order valence-electron chi connectivity index (χ4n) is 3.30. The number of rotatable bonds is 2. The van der Waals surface area contributed by atoms with E-state index in [4.69, 9.17) is 4.74 Å². The second-order valence-electron chi connectivity index (χ2n) is 6.32. The first-order chi connectivity index (χ1) is 10.1. The molecule has 21 heavy (non-hydrogen) atoms. The molecule has 114 valence electrons. The molecule has 1 aromatic rings. The number of piperidine rings is 1. The summed E-state index contributed by atoms with van der Waals surface area (Å²) in [5, 5.41) is 10.7. The number of nitrogens with zero attached hydrogens (tertiary/aromatic N) is 1. The molecule has 4 heteroatoms. The second kappa shape index (κ2) is 5.78. The van der Waals surface area contributed by atoms with Crippen molar-refractivity contribution in [3.05, 3.63) is 29.3 Å². The molecule has 0 amide bonds. The number of ether oxygens (including phenoxy) is 1. The smallest absolute Gasteiger partial charge is 0.135 e. The van der Waals surface area contributed by atoms with Gasteiger partial charge in [-0.3, -0.25) is 9.69 Å². The fourth-order valence-corrected chi connectivity index (χ4v) is 3.30. The van der Waals surface area contributed by atoms with Gasteiger partial charge in [-0.25, -0.2) is 0 Å². The molecule has 0 spiro atoms. The molecular weight excluding hydrogens is 266 g/mol. The zero-order valence-electron chi connectivity index (χ0n) is 12.7. The second-order valence-corrected chi connectivity index (χ2v) is 6.32. The lowest BCUT2D eigenvalue weighted by Gasteiger charge is -2.40. The van der Waals surface area contributed by atoms with E-state index in [0.29, 0.717) is 31.1 Å². The Hall–Kier alpha value is -1.39. The van der Waals surface area contributed by atoms with Crippen LogP contribution in [0.1, 0.15) is 49.8 Å². The van der Waals surface area contributed by atoms with Crippen molar-refractivity contribution in [3.63, 3.8) is 0 Å². The molecule has 4 nitrogen and oxygen atoms in total. The van der Waals surface area contributed by atoms with Crippen LogP contribution in [0.15, 0.2) is 18.2 Å². The van der Waals surface area contributed by atoms with Crippen molar-refractivity contribution >= 4 is 5.78 Å². The van der Waals surface area contributed by atoms with E-state index in [-0.39, 0.29) is 6.04 Å². The largest absolute Gasteiger partial charge is 0.491 e. The minimum atomic E-state index is -0.541. The first-order valence-electron chi connectivity index (χ1n) is 7.77. The molecule has 1 fully saturated rings. The number of carbonyl (C=O) groups is 1. The van der Waals surface area contributed by atoms with Crippen LogP contribution in [-0.4, -0.2) is 41.5 Å². The Labute approximate surface area is 125 Å². The van der Waals surface area contributed by atoms with Gasteiger partial charge in [0.2, 0.25) is 0 Å². The Morgan fingerprint density at radius 1 is 1.29 bits per heavy atom. The summed E-state index contributed by atoms with van der Waals surface area (Å²) in [5.74, 6) is 1.54. The van der Waals surface area contributed by atoms with E-state index < -0.39 is 6.10 Å². The molecule has 2 unspecified atom stereocenters. The van der Waals surface area contributed by atoms with Gasteiger partial charge in [-0.15, -0.1) is 0 Å². The maximum Gasteiger partial charge on any atom is 0.135 e. The van der Waals surface area contributed by atoms with Gasteiger partial charge < -0.3 is 9.84 Å². The minimum absolute atomic E-state index is 0.0481. The van der Waals surface area contributed by atoms with Crippen molar-refractivity contribution in [2.45, 2.75) is 44.8 Å². The molecule has 1 N–H and O–H groups in total.